The maximum absolute atomic E-state index is 12.3. The average Bonchev–Trinajstić information content (AvgIpc) is 3.26. The molecule has 1 aliphatic heterocycles. The van der Waals surface area contributed by atoms with Gasteiger partial charge >= 0.3 is 6.03 Å². The predicted molar refractivity (Wildman–Crippen MR) is 94.5 cm³/mol. The second kappa shape index (κ2) is 8.00. The molecular formula is C18H24N4O3. The van der Waals surface area contributed by atoms with Gasteiger partial charge in [-0.05, 0) is 31.0 Å². The Labute approximate surface area is 147 Å². The van der Waals surface area contributed by atoms with Gasteiger partial charge in [-0.15, -0.1) is 0 Å². The molecule has 7 heteroatoms. The maximum atomic E-state index is 12.3. The van der Waals surface area contributed by atoms with Crippen molar-refractivity contribution in [1.29, 1.82) is 0 Å². The van der Waals surface area contributed by atoms with Crippen molar-refractivity contribution >= 4 is 23.5 Å². The number of hydrogen-bond acceptors (Lipinski definition) is 3. The van der Waals surface area contributed by atoms with Gasteiger partial charge in [-0.2, -0.15) is 0 Å². The van der Waals surface area contributed by atoms with Crippen LogP contribution in [-0.4, -0.2) is 43.5 Å². The Hall–Kier alpha value is -2.57. The number of carbonyl (C=O) groups excluding carboxylic acids is 3. The standard InChI is InChI=1S/C18H24N4O3/c23-16(21-14-5-1-2-6-14)8-9-19-17(24)13-4-3-7-15(12-13)22-11-10-20-18(22)25/h3-4,7,12,14H,1-2,5-6,8-11H2,(H,19,24)(H,20,25)(H,21,23). The molecule has 0 unspecified atom stereocenters. The molecule has 7 nitrogen and oxygen atoms in total. The first-order chi connectivity index (χ1) is 12.1. The lowest BCUT2D eigenvalue weighted by Gasteiger charge is -2.15. The molecule has 1 heterocycles. The largest absolute Gasteiger partial charge is 0.353 e. The molecular weight excluding hydrogens is 320 g/mol. The molecule has 3 N–H and O–H groups in total. The number of anilines is 1. The minimum absolute atomic E-state index is 0.0188. The summed E-state index contributed by atoms with van der Waals surface area (Å²) in [6.45, 7) is 1.49. The number of carbonyl (C=O) groups is 3. The zero-order chi connectivity index (χ0) is 17.6. The minimum Gasteiger partial charge on any atom is -0.353 e. The molecule has 1 aliphatic carbocycles. The Morgan fingerprint density at radius 1 is 1.24 bits per heavy atom. The first-order valence-corrected chi connectivity index (χ1v) is 8.86. The van der Waals surface area contributed by atoms with Crippen LogP contribution in [0.5, 0.6) is 0 Å². The van der Waals surface area contributed by atoms with E-state index in [1.165, 1.54) is 12.8 Å². The van der Waals surface area contributed by atoms with Crippen molar-refractivity contribution in [2.45, 2.75) is 38.1 Å². The van der Waals surface area contributed by atoms with Gasteiger partial charge < -0.3 is 16.0 Å². The van der Waals surface area contributed by atoms with Gasteiger partial charge in [0.05, 0.1) is 0 Å². The Balaban J connectivity index is 1.48. The van der Waals surface area contributed by atoms with E-state index in [-0.39, 0.29) is 24.3 Å². The lowest BCUT2D eigenvalue weighted by atomic mass is 10.1. The fourth-order valence-corrected chi connectivity index (χ4v) is 3.29. The molecule has 1 aromatic rings. The molecule has 1 aromatic carbocycles. The zero-order valence-electron chi connectivity index (χ0n) is 14.2. The van der Waals surface area contributed by atoms with Crippen LogP contribution in [-0.2, 0) is 4.79 Å². The predicted octanol–water partition coefficient (Wildman–Crippen LogP) is 1.39. The molecule has 0 spiro atoms. The Kier molecular flexibility index (Phi) is 5.53. The summed E-state index contributed by atoms with van der Waals surface area (Å²) < 4.78 is 0. The lowest BCUT2D eigenvalue weighted by Crippen LogP contribution is -2.35. The number of benzene rings is 1. The number of amides is 4. The van der Waals surface area contributed by atoms with Gasteiger partial charge in [0.25, 0.3) is 5.91 Å². The summed E-state index contributed by atoms with van der Waals surface area (Å²) in [5.74, 6) is -0.259. The molecule has 25 heavy (non-hydrogen) atoms. The van der Waals surface area contributed by atoms with Crippen molar-refractivity contribution in [2.24, 2.45) is 0 Å². The number of nitrogens with one attached hydrogen (secondary N) is 3. The quantitative estimate of drug-likeness (QED) is 0.728. The molecule has 0 aromatic heterocycles. The summed E-state index contributed by atoms with van der Waals surface area (Å²) in [4.78, 5) is 37.4. The topological polar surface area (TPSA) is 90.5 Å². The van der Waals surface area contributed by atoms with E-state index in [9.17, 15) is 14.4 Å². The average molecular weight is 344 g/mol. The molecule has 0 radical (unpaired) electrons. The third-order valence-electron chi connectivity index (χ3n) is 4.63. The molecule has 4 amide bonds. The van der Waals surface area contributed by atoms with Gasteiger partial charge in [-0.25, -0.2) is 4.79 Å². The third kappa shape index (κ3) is 4.49. The molecule has 2 fully saturated rings. The highest BCUT2D eigenvalue weighted by atomic mass is 16.2. The van der Waals surface area contributed by atoms with Gasteiger partial charge in [0, 0.05) is 43.3 Å². The monoisotopic (exact) mass is 344 g/mol. The fraction of sp³-hybridized carbons (Fsp3) is 0.500. The summed E-state index contributed by atoms with van der Waals surface area (Å²) in [7, 11) is 0. The zero-order valence-corrected chi connectivity index (χ0v) is 14.2. The second-order valence-electron chi connectivity index (χ2n) is 6.49. The highest BCUT2D eigenvalue weighted by molar-refractivity contribution is 5.98. The summed E-state index contributed by atoms with van der Waals surface area (Å²) in [6, 6.07) is 7.09. The van der Waals surface area contributed by atoms with Crippen LogP contribution in [0.4, 0.5) is 10.5 Å². The Bertz CT molecular complexity index is 655. The van der Waals surface area contributed by atoms with E-state index < -0.39 is 0 Å². The normalized spacial score (nSPS) is 17.4. The molecule has 2 aliphatic rings. The van der Waals surface area contributed by atoms with Crippen molar-refractivity contribution in [3.8, 4) is 0 Å². The van der Waals surface area contributed by atoms with Crippen LogP contribution in [0.25, 0.3) is 0 Å². The van der Waals surface area contributed by atoms with Crippen LogP contribution in [0.1, 0.15) is 42.5 Å². The van der Waals surface area contributed by atoms with E-state index in [2.05, 4.69) is 16.0 Å². The van der Waals surface area contributed by atoms with Gasteiger partial charge in [0.15, 0.2) is 0 Å². The molecule has 0 bridgehead atoms. The van der Waals surface area contributed by atoms with Crippen LogP contribution in [0.15, 0.2) is 24.3 Å². The van der Waals surface area contributed by atoms with Crippen LogP contribution in [0, 0.1) is 0 Å². The smallest absolute Gasteiger partial charge is 0.321 e. The van der Waals surface area contributed by atoms with Crippen molar-refractivity contribution in [3.63, 3.8) is 0 Å². The first kappa shape index (κ1) is 17.3. The number of nitrogens with zero attached hydrogens (tertiary/aromatic N) is 1. The molecule has 134 valence electrons. The van der Waals surface area contributed by atoms with Crippen LogP contribution in [0.3, 0.4) is 0 Å². The van der Waals surface area contributed by atoms with E-state index in [0.717, 1.165) is 12.8 Å². The SMILES string of the molecule is O=C(CCNC(=O)c1cccc(N2CCNC2=O)c1)NC1CCCC1. The van der Waals surface area contributed by atoms with E-state index in [4.69, 9.17) is 0 Å². The lowest BCUT2D eigenvalue weighted by molar-refractivity contribution is -0.121. The van der Waals surface area contributed by atoms with Crippen LogP contribution < -0.4 is 20.9 Å². The third-order valence-corrected chi connectivity index (χ3v) is 4.63. The fourth-order valence-electron chi connectivity index (χ4n) is 3.29. The van der Waals surface area contributed by atoms with E-state index >= 15 is 0 Å². The Morgan fingerprint density at radius 2 is 2.04 bits per heavy atom. The van der Waals surface area contributed by atoms with Crippen LogP contribution in [0.2, 0.25) is 0 Å². The van der Waals surface area contributed by atoms with Gasteiger partial charge in [-0.1, -0.05) is 18.9 Å². The second-order valence-corrected chi connectivity index (χ2v) is 6.49. The summed E-state index contributed by atoms with van der Waals surface area (Å²) in [5.41, 5.74) is 1.18. The summed E-state index contributed by atoms with van der Waals surface area (Å²) in [6.07, 6.45) is 4.72. The highest BCUT2D eigenvalue weighted by Gasteiger charge is 2.22. The van der Waals surface area contributed by atoms with Crippen molar-refractivity contribution in [3.05, 3.63) is 29.8 Å². The number of urea groups is 1. The maximum Gasteiger partial charge on any atom is 0.321 e. The number of rotatable bonds is 6. The van der Waals surface area contributed by atoms with Crippen molar-refractivity contribution in [1.82, 2.24) is 16.0 Å². The molecule has 1 saturated carbocycles. The molecule has 0 atom stereocenters. The molecule has 3 rings (SSSR count). The summed E-state index contributed by atoms with van der Waals surface area (Å²) in [5, 5.41) is 8.50. The van der Waals surface area contributed by atoms with E-state index in [1.807, 2.05) is 0 Å². The highest BCUT2D eigenvalue weighted by Crippen LogP contribution is 2.18. The van der Waals surface area contributed by atoms with Crippen molar-refractivity contribution in [2.75, 3.05) is 24.5 Å². The minimum atomic E-state index is -0.241. The number of hydrogen-bond donors (Lipinski definition) is 3. The van der Waals surface area contributed by atoms with E-state index in [1.54, 1.807) is 29.2 Å². The van der Waals surface area contributed by atoms with Crippen LogP contribution >= 0.6 is 0 Å². The summed E-state index contributed by atoms with van der Waals surface area (Å²) >= 11 is 0. The molecule has 1 saturated heterocycles. The van der Waals surface area contributed by atoms with E-state index in [0.29, 0.717) is 36.9 Å². The Morgan fingerprint density at radius 3 is 2.76 bits per heavy atom. The first-order valence-electron chi connectivity index (χ1n) is 8.86. The van der Waals surface area contributed by atoms with Crippen molar-refractivity contribution < 1.29 is 14.4 Å². The van der Waals surface area contributed by atoms with Gasteiger partial charge in [0.2, 0.25) is 5.91 Å². The van der Waals surface area contributed by atoms with Gasteiger partial charge in [-0.3, -0.25) is 14.5 Å². The van der Waals surface area contributed by atoms with Gasteiger partial charge in [0.1, 0.15) is 0 Å².